The molecule has 17 heavy (non-hydrogen) atoms. The normalized spacial score (nSPS) is 13.5. The molecule has 0 aliphatic carbocycles. The highest BCUT2D eigenvalue weighted by molar-refractivity contribution is 5.73. The molecule has 0 aromatic heterocycles. The summed E-state index contributed by atoms with van der Waals surface area (Å²) in [5.41, 5.74) is 8.69. The molecule has 0 heterocycles. The number of aliphatic carboxylic acids is 1. The highest BCUT2D eigenvalue weighted by Crippen LogP contribution is 2.29. The van der Waals surface area contributed by atoms with Gasteiger partial charge in [0, 0.05) is 6.04 Å². The van der Waals surface area contributed by atoms with Crippen molar-refractivity contribution in [3.63, 3.8) is 0 Å². The summed E-state index contributed by atoms with van der Waals surface area (Å²) in [4.78, 5) is 11.1. The van der Waals surface area contributed by atoms with Gasteiger partial charge in [-0.1, -0.05) is 18.2 Å². The van der Waals surface area contributed by atoms with Crippen LogP contribution >= 0.6 is 0 Å². The van der Waals surface area contributed by atoms with E-state index in [1.54, 1.807) is 13.8 Å². The number of nitrogens with two attached hydrogens (primary N) is 1. The van der Waals surface area contributed by atoms with E-state index in [9.17, 15) is 4.79 Å². The Bertz CT molecular complexity index is 424. The second-order valence-electron chi connectivity index (χ2n) is 5.34. The van der Waals surface area contributed by atoms with Crippen LogP contribution in [0.1, 0.15) is 43.0 Å². The fraction of sp³-hybridized carbons (Fsp3) is 0.500. The predicted octanol–water partition coefficient (Wildman–Crippen LogP) is 2.80. The second kappa shape index (κ2) is 4.88. The van der Waals surface area contributed by atoms with Crippen molar-refractivity contribution in [3.05, 3.63) is 34.9 Å². The van der Waals surface area contributed by atoms with Crippen molar-refractivity contribution in [1.82, 2.24) is 0 Å². The Kier molecular flexibility index (Phi) is 3.94. The van der Waals surface area contributed by atoms with Crippen LogP contribution in [-0.2, 0) is 4.79 Å². The highest BCUT2D eigenvalue weighted by Gasteiger charge is 2.29. The van der Waals surface area contributed by atoms with Crippen LogP contribution in [0.3, 0.4) is 0 Å². The first-order valence-corrected chi connectivity index (χ1v) is 5.80. The average molecular weight is 235 g/mol. The molecule has 0 saturated carbocycles. The third kappa shape index (κ3) is 3.30. The van der Waals surface area contributed by atoms with Crippen molar-refractivity contribution in [2.45, 2.75) is 40.2 Å². The predicted molar refractivity (Wildman–Crippen MR) is 68.9 cm³/mol. The van der Waals surface area contributed by atoms with E-state index >= 15 is 0 Å². The van der Waals surface area contributed by atoms with Gasteiger partial charge in [-0.25, -0.2) is 0 Å². The molecule has 1 aromatic carbocycles. The number of carbonyl (C=O) groups is 1. The lowest BCUT2D eigenvalue weighted by Crippen LogP contribution is -2.28. The van der Waals surface area contributed by atoms with Gasteiger partial charge in [0.15, 0.2) is 0 Å². The number of rotatable bonds is 4. The molecule has 3 N–H and O–H groups in total. The molecule has 1 atom stereocenters. The summed E-state index contributed by atoms with van der Waals surface area (Å²) in [6.07, 6.45) is 0.435. The lowest BCUT2D eigenvalue weighted by atomic mass is 9.83. The zero-order valence-electron chi connectivity index (χ0n) is 10.9. The van der Waals surface area contributed by atoms with E-state index in [4.69, 9.17) is 10.8 Å². The van der Waals surface area contributed by atoms with Crippen molar-refractivity contribution in [1.29, 1.82) is 0 Å². The van der Waals surface area contributed by atoms with E-state index in [1.165, 1.54) is 11.1 Å². The Morgan fingerprint density at radius 1 is 1.35 bits per heavy atom. The topological polar surface area (TPSA) is 63.3 Å². The number of carboxylic acids is 1. The van der Waals surface area contributed by atoms with Crippen LogP contribution in [0.25, 0.3) is 0 Å². The molecule has 3 nitrogen and oxygen atoms in total. The van der Waals surface area contributed by atoms with Crippen LogP contribution in [0.4, 0.5) is 0 Å². The summed E-state index contributed by atoms with van der Waals surface area (Å²) >= 11 is 0. The van der Waals surface area contributed by atoms with Crippen LogP contribution in [-0.4, -0.2) is 11.1 Å². The summed E-state index contributed by atoms with van der Waals surface area (Å²) in [5.74, 6) is -0.809. The molecule has 1 aromatic rings. The van der Waals surface area contributed by atoms with Crippen molar-refractivity contribution >= 4 is 5.97 Å². The SMILES string of the molecule is Cc1ccc(C(N)CC(C)(C)C(=O)O)cc1C. The summed E-state index contributed by atoms with van der Waals surface area (Å²) in [6.45, 7) is 7.49. The van der Waals surface area contributed by atoms with Crippen LogP contribution in [0.2, 0.25) is 0 Å². The third-order valence-electron chi connectivity index (χ3n) is 3.27. The van der Waals surface area contributed by atoms with Crippen molar-refractivity contribution in [2.75, 3.05) is 0 Å². The van der Waals surface area contributed by atoms with Gasteiger partial charge in [0.1, 0.15) is 0 Å². The zero-order chi connectivity index (χ0) is 13.2. The lowest BCUT2D eigenvalue weighted by molar-refractivity contribution is -0.147. The minimum absolute atomic E-state index is 0.236. The van der Waals surface area contributed by atoms with Crippen LogP contribution in [0, 0.1) is 19.3 Å². The molecular weight excluding hydrogens is 214 g/mol. The molecule has 0 aliphatic rings. The Balaban J connectivity index is 2.87. The molecule has 0 spiro atoms. The van der Waals surface area contributed by atoms with Gasteiger partial charge in [-0.2, -0.15) is 0 Å². The Morgan fingerprint density at radius 3 is 2.41 bits per heavy atom. The molecule has 0 radical (unpaired) electrons. The monoisotopic (exact) mass is 235 g/mol. The minimum Gasteiger partial charge on any atom is -0.481 e. The van der Waals surface area contributed by atoms with Crippen molar-refractivity contribution in [3.8, 4) is 0 Å². The zero-order valence-corrected chi connectivity index (χ0v) is 10.9. The largest absolute Gasteiger partial charge is 0.481 e. The number of hydrogen-bond acceptors (Lipinski definition) is 2. The summed E-state index contributed by atoms with van der Waals surface area (Å²) < 4.78 is 0. The molecule has 0 amide bonds. The van der Waals surface area contributed by atoms with E-state index in [2.05, 4.69) is 0 Å². The first-order chi connectivity index (χ1) is 7.74. The van der Waals surface area contributed by atoms with E-state index < -0.39 is 11.4 Å². The smallest absolute Gasteiger partial charge is 0.309 e. The maximum Gasteiger partial charge on any atom is 0.309 e. The van der Waals surface area contributed by atoms with Gasteiger partial charge in [-0.05, 0) is 50.8 Å². The summed E-state index contributed by atoms with van der Waals surface area (Å²) in [7, 11) is 0. The van der Waals surface area contributed by atoms with E-state index in [0.29, 0.717) is 6.42 Å². The van der Waals surface area contributed by atoms with Gasteiger partial charge in [0.2, 0.25) is 0 Å². The summed E-state index contributed by atoms with van der Waals surface area (Å²) in [6, 6.07) is 5.81. The number of hydrogen-bond donors (Lipinski definition) is 2. The number of aryl methyl sites for hydroxylation is 2. The molecule has 0 fully saturated rings. The van der Waals surface area contributed by atoms with Gasteiger partial charge in [-0.15, -0.1) is 0 Å². The third-order valence-corrected chi connectivity index (χ3v) is 3.27. The number of carboxylic acid groups (broad SMARTS) is 1. The molecule has 0 bridgehead atoms. The van der Waals surface area contributed by atoms with Gasteiger partial charge in [-0.3, -0.25) is 4.79 Å². The van der Waals surface area contributed by atoms with Gasteiger partial charge < -0.3 is 10.8 Å². The molecule has 3 heteroatoms. The Morgan fingerprint density at radius 2 is 1.94 bits per heavy atom. The van der Waals surface area contributed by atoms with Gasteiger partial charge in [0.05, 0.1) is 5.41 Å². The first-order valence-electron chi connectivity index (χ1n) is 5.80. The number of benzene rings is 1. The minimum atomic E-state index is -0.809. The fourth-order valence-corrected chi connectivity index (χ4v) is 1.75. The van der Waals surface area contributed by atoms with E-state index in [-0.39, 0.29) is 6.04 Å². The van der Waals surface area contributed by atoms with E-state index in [0.717, 1.165) is 5.56 Å². The van der Waals surface area contributed by atoms with Gasteiger partial charge >= 0.3 is 5.97 Å². The molecule has 0 aliphatic heterocycles. The van der Waals surface area contributed by atoms with Crippen LogP contribution in [0.5, 0.6) is 0 Å². The molecule has 1 unspecified atom stereocenters. The van der Waals surface area contributed by atoms with E-state index in [1.807, 2.05) is 32.0 Å². The summed E-state index contributed by atoms with van der Waals surface area (Å²) in [5, 5.41) is 9.08. The maximum absolute atomic E-state index is 11.1. The lowest BCUT2D eigenvalue weighted by Gasteiger charge is -2.24. The van der Waals surface area contributed by atoms with Crippen LogP contribution in [0.15, 0.2) is 18.2 Å². The quantitative estimate of drug-likeness (QED) is 0.843. The first kappa shape index (κ1) is 13.7. The average Bonchev–Trinajstić information content (AvgIpc) is 2.21. The molecule has 94 valence electrons. The molecule has 0 saturated heterocycles. The maximum atomic E-state index is 11.1. The second-order valence-corrected chi connectivity index (χ2v) is 5.34. The Hall–Kier alpha value is -1.35. The van der Waals surface area contributed by atoms with Gasteiger partial charge in [0.25, 0.3) is 0 Å². The highest BCUT2D eigenvalue weighted by atomic mass is 16.4. The van der Waals surface area contributed by atoms with Crippen molar-refractivity contribution in [2.24, 2.45) is 11.1 Å². The fourth-order valence-electron chi connectivity index (χ4n) is 1.75. The van der Waals surface area contributed by atoms with Crippen molar-refractivity contribution < 1.29 is 9.90 Å². The van der Waals surface area contributed by atoms with Crippen LogP contribution < -0.4 is 5.73 Å². The standard InChI is InChI=1S/C14H21NO2/c1-9-5-6-11(7-10(9)2)12(15)8-14(3,4)13(16)17/h5-7,12H,8,15H2,1-4H3,(H,16,17). The molecule has 1 rings (SSSR count). The molecular formula is C14H21NO2. The Labute approximate surface area is 103 Å².